The van der Waals surface area contributed by atoms with Gasteiger partial charge in [-0.3, -0.25) is 4.79 Å². The van der Waals surface area contributed by atoms with Gasteiger partial charge in [0.1, 0.15) is 5.69 Å². The molecule has 3 aromatic heterocycles. The molecule has 6 nitrogen and oxygen atoms in total. The van der Waals surface area contributed by atoms with Crippen LogP contribution < -0.4 is 4.90 Å². The predicted octanol–water partition coefficient (Wildman–Crippen LogP) is 5.66. The van der Waals surface area contributed by atoms with Crippen LogP contribution in [0.4, 0.5) is 5.82 Å². The number of pyridine rings is 1. The van der Waals surface area contributed by atoms with Crippen LogP contribution in [-0.4, -0.2) is 31.8 Å². The molecule has 2 aromatic carbocycles. The Morgan fingerprint density at radius 2 is 1.80 bits per heavy atom. The number of hydrogen-bond acceptors (Lipinski definition) is 4. The standard InChI is InChI=1S/C29H29N5O/c1-4-14-33-20(3)19(2)24-16-25(29(35)34-26-12-8-7-10-22(26)17-30-34)31-28(27(24)33)32-15-13-21-9-5-6-11-23(21)18-32/h5-12,16-17H,4,13-15,18H2,1-3H3. The first-order chi connectivity index (χ1) is 17.1. The Labute approximate surface area is 204 Å². The van der Waals surface area contributed by atoms with Crippen molar-refractivity contribution in [2.24, 2.45) is 0 Å². The second-order valence-corrected chi connectivity index (χ2v) is 9.45. The van der Waals surface area contributed by atoms with Crippen LogP contribution in [0.15, 0.2) is 60.8 Å². The van der Waals surface area contributed by atoms with Crippen LogP contribution in [0.5, 0.6) is 0 Å². The minimum Gasteiger partial charge on any atom is -0.350 e. The van der Waals surface area contributed by atoms with Crippen LogP contribution >= 0.6 is 0 Å². The highest BCUT2D eigenvalue weighted by atomic mass is 16.2. The molecule has 0 radical (unpaired) electrons. The fraction of sp³-hybridized carbons (Fsp3) is 0.276. The average molecular weight is 464 g/mol. The number of carbonyl (C=O) groups excluding carboxylic acids is 1. The first-order valence-electron chi connectivity index (χ1n) is 12.4. The summed E-state index contributed by atoms with van der Waals surface area (Å²) in [6.45, 7) is 9.10. The van der Waals surface area contributed by atoms with Crippen LogP contribution in [0.2, 0.25) is 0 Å². The number of hydrogen-bond donors (Lipinski definition) is 0. The second-order valence-electron chi connectivity index (χ2n) is 9.45. The number of nitrogens with zero attached hydrogens (tertiary/aromatic N) is 5. The van der Waals surface area contributed by atoms with E-state index in [9.17, 15) is 4.79 Å². The van der Waals surface area contributed by atoms with Crippen molar-refractivity contribution in [3.05, 3.63) is 88.9 Å². The summed E-state index contributed by atoms with van der Waals surface area (Å²) in [4.78, 5) is 21.1. The summed E-state index contributed by atoms with van der Waals surface area (Å²) >= 11 is 0. The van der Waals surface area contributed by atoms with Crippen LogP contribution in [0.1, 0.15) is 46.2 Å². The van der Waals surface area contributed by atoms with E-state index in [4.69, 9.17) is 4.98 Å². The smallest absolute Gasteiger partial charge is 0.297 e. The van der Waals surface area contributed by atoms with Gasteiger partial charge in [-0.2, -0.15) is 9.78 Å². The monoisotopic (exact) mass is 463 g/mol. The van der Waals surface area contributed by atoms with Crippen molar-refractivity contribution in [3.63, 3.8) is 0 Å². The van der Waals surface area contributed by atoms with Crippen LogP contribution in [0.3, 0.4) is 0 Å². The third-order valence-electron chi connectivity index (χ3n) is 7.36. The largest absolute Gasteiger partial charge is 0.350 e. The van der Waals surface area contributed by atoms with Crippen LogP contribution in [-0.2, 0) is 19.5 Å². The molecule has 0 saturated heterocycles. The average Bonchev–Trinajstić information content (AvgIpc) is 3.43. The van der Waals surface area contributed by atoms with E-state index in [0.717, 1.165) is 60.1 Å². The zero-order valence-corrected chi connectivity index (χ0v) is 20.5. The molecule has 0 spiro atoms. The predicted molar refractivity (Wildman–Crippen MR) is 140 cm³/mol. The van der Waals surface area contributed by atoms with Crippen molar-refractivity contribution in [1.29, 1.82) is 0 Å². The topological polar surface area (TPSA) is 56.0 Å². The molecule has 6 heteroatoms. The Balaban J connectivity index is 1.55. The van der Waals surface area contributed by atoms with E-state index in [1.165, 1.54) is 27.1 Å². The van der Waals surface area contributed by atoms with Gasteiger partial charge in [0.05, 0.1) is 17.2 Å². The van der Waals surface area contributed by atoms with Crippen molar-refractivity contribution >= 4 is 33.5 Å². The summed E-state index contributed by atoms with van der Waals surface area (Å²) in [5.41, 5.74) is 7.51. The van der Waals surface area contributed by atoms with Gasteiger partial charge >= 0.3 is 0 Å². The van der Waals surface area contributed by atoms with Gasteiger partial charge in [-0.1, -0.05) is 49.4 Å². The number of benzene rings is 2. The molecule has 35 heavy (non-hydrogen) atoms. The van der Waals surface area contributed by atoms with Crippen LogP contribution in [0.25, 0.3) is 21.8 Å². The number of carbonyl (C=O) groups is 1. The summed E-state index contributed by atoms with van der Waals surface area (Å²) < 4.78 is 3.86. The molecule has 5 aromatic rings. The first-order valence-corrected chi connectivity index (χ1v) is 12.4. The molecule has 0 atom stereocenters. The zero-order valence-electron chi connectivity index (χ0n) is 20.5. The van der Waals surface area contributed by atoms with Gasteiger partial charge in [-0.15, -0.1) is 0 Å². The lowest BCUT2D eigenvalue weighted by Gasteiger charge is -2.31. The van der Waals surface area contributed by atoms with Gasteiger partial charge in [0, 0.05) is 36.1 Å². The van der Waals surface area contributed by atoms with Gasteiger partial charge in [0.2, 0.25) is 0 Å². The minimum absolute atomic E-state index is 0.202. The third kappa shape index (κ3) is 3.43. The highest BCUT2D eigenvalue weighted by molar-refractivity contribution is 6.04. The van der Waals surface area contributed by atoms with Gasteiger partial charge in [-0.05, 0) is 55.5 Å². The first kappa shape index (κ1) is 21.6. The van der Waals surface area contributed by atoms with E-state index >= 15 is 0 Å². The normalized spacial score (nSPS) is 13.5. The van der Waals surface area contributed by atoms with Gasteiger partial charge in [-0.25, -0.2) is 4.98 Å². The number of anilines is 1. The molecule has 6 rings (SSSR count). The van der Waals surface area contributed by atoms with E-state index in [1.54, 1.807) is 6.20 Å². The maximum absolute atomic E-state index is 13.7. The molecule has 0 N–H and O–H groups in total. The van der Waals surface area contributed by atoms with Crippen molar-refractivity contribution in [2.45, 2.75) is 46.7 Å². The summed E-state index contributed by atoms with van der Waals surface area (Å²) in [7, 11) is 0. The summed E-state index contributed by atoms with van der Waals surface area (Å²) in [6.07, 6.45) is 3.74. The number of para-hydroxylation sites is 1. The minimum atomic E-state index is -0.202. The van der Waals surface area contributed by atoms with Gasteiger partial charge in [0.15, 0.2) is 5.82 Å². The highest BCUT2D eigenvalue weighted by Crippen LogP contribution is 2.35. The Morgan fingerprint density at radius 3 is 2.63 bits per heavy atom. The third-order valence-corrected chi connectivity index (χ3v) is 7.36. The maximum Gasteiger partial charge on any atom is 0.297 e. The SMILES string of the molecule is CCCn1c(C)c(C)c2cc(C(=O)n3ncc4ccccc43)nc(N3CCc4ccccc4C3)c21. The Hall–Kier alpha value is -3.93. The van der Waals surface area contributed by atoms with E-state index in [2.05, 4.69) is 59.6 Å². The molecule has 0 saturated carbocycles. The molecular formula is C29H29N5O. The van der Waals surface area contributed by atoms with Gasteiger partial charge < -0.3 is 9.47 Å². The molecule has 0 unspecified atom stereocenters. The van der Waals surface area contributed by atoms with E-state index in [-0.39, 0.29) is 5.91 Å². The lowest BCUT2D eigenvalue weighted by molar-refractivity contribution is 0.0945. The molecule has 0 aliphatic carbocycles. The molecular weight excluding hydrogens is 434 g/mol. The lowest BCUT2D eigenvalue weighted by Crippen LogP contribution is -2.32. The number of fused-ring (bicyclic) bond motifs is 3. The van der Waals surface area contributed by atoms with Crippen molar-refractivity contribution in [3.8, 4) is 0 Å². The quantitative estimate of drug-likeness (QED) is 0.345. The molecule has 1 aliphatic rings. The fourth-order valence-electron chi connectivity index (χ4n) is 5.39. The molecule has 0 bridgehead atoms. The van der Waals surface area contributed by atoms with Crippen molar-refractivity contribution in [2.75, 3.05) is 11.4 Å². The van der Waals surface area contributed by atoms with E-state index in [1.807, 2.05) is 30.3 Å². The molecule has 176 valence electrons. The highest BCUT2D eigenvalue weighted by Gasteiger charge is 2.26. The van der Waals surface area contributed by atoms with Gasteiger partial charge in [0.25, 0.3) is 5.91 Å². The molecule has 1 aliphatic heterocycles. The van der Waals surface area contributed by atoms with E-state index < -0.39 is 0 Å². The number of aryl methyl sites for hydroxylation is 2. The number of aromatic nitrogens is 4. The van der Waals surface area contributed by atoms with Crippen molar-refractivity contribution < 1.29 is 4.79 Å². The Kier molecular flexibility index (Phi) is 5.17. The molecule has 0 fully saturated rings. The Bertz CT molecular complexity index is 1590. The zero-order chi connectivity index (χ0) is 24.1. The van der Waals surface area contributed by atoms with E-state index in [0.29, 0.717) is 5.69 Å². The Morgan fingerprint density at radius 1 is 1.03 bits per heavy atom. The summed E-state index contributed by atoms with van der Waals surface area (Å²) in [5, 5.41) is 6.44. The van der Waals surface area contributed by atoms with Crippen LogP contribution in [0, 0.1) is 13.8 Å². The maximum atomic E-state index is 13.7. The lowest BCUT2D eigenvalue weighted by atomic mass is 10.00. The molecule has 4 heterocycles. The summed E-state index contributed by atoms with van der Waals surface area (Å²) in [5.74, 6) is 0.688. The second kappa shape index (κ2) is 8.38. The fourth-order valence-corrected chi connectivity index (χ4v) is 5.39. The number of rotatable bonds is 4. The van der Waals surface area contributed by atoms with Crippen molar-refractivity contribution in [1.82, 2.24) is 19.3 Å². The summed E-state index contributed by atoms with van der Waals surface area (Å²) in [6, 6.07) is 18.4. The molecule has 0 amide bonds.